The van der Waals surface area contributed by atoms with E-state index in [0.29, 0.717) is 5.70 Å². The Balaban J connectivity index is 0. The molecule has 12 heavy (non-hydrogen) atoms. The van der Waals surface area contributed by atoms with E-state index >= 15 is 0 Å². The quantitative estimate of drug-likeness (QED) is 0.377. The van der Waals surface area contributed by atoms with Crippen molar-refractivity contribution in [3.8, 4) is 0 Å². The van der Waals surface area contributed by atoms with E-state index in [9.17, 15) is 0 Å². The number of allylic oxidation sites excluding steroid dienone is 2. The van der Waals surface area contributed by atoms with Gasteiger partial charge in [-0.1, -0.05) is 0 Å². The van der Waals surface area contributed by atoms with Crippen LogP contribution in [0.1, 0.15) is 8.35 Å². The minimum absolute atomic E-state index is 0. The number of hydrogen-bond acceptors (Lipinski definition) is 4. The zero-order valence-corrected chi connectivity index (χ0v) is 7.48. The summed E-state index contributed by atoms with van der Waals surface area (Å²) in [7, 11) is 0. The van der Waals surface area contributed by atoms with Crippen LogP contribution in [0.2, 0.25) is 0 Å². The monoisotopic (exact) mass is 187 g/mol. The molecule has 0 aliphatic rings. The first-order valence-corrected chi connectivity index (χ1v) is 3.91. The highest BCUT2D eigenvalue weighted by Gasteiger charge is 1.95. The third-order valence-corrected chi connectivity index (χ3v) is 1.35. The second kappa shape index (κ2) is 5.36. The van der Waals surface area contributed by atoms with Crippen molar-refractivity contribution in [1.82, 2.24) is 0 Å². The van der Waals surface area contributed by atoms with Crippen LogP contribution in [-0.4, -0.2) is 16.5 Å². The Kier molecular flexibility index (Phi) is 4.78. The van der Waals surface area contributed by atoms with Crippen molar-refractivity contribution in [3.05, 3.63) is 11.8 Å². The molecule has 0 aromatic heterocycles. The van der Waals surface area contributed by atoms with Crippen LogP contribution >= 0.6 is 11.8 Å². The summed E-state index contributed by atoms with van der Waals surface area (Å²) in [6, 6.07) is 0. The van der Waals surface area contributed by atoms with E-state index in [0.717, 1.165) is 18.0 Å². The standard InChI is InChI=1S/C6H11N5S.H2/c1-4(2-3-7)11-6(10)12-5(8)9;/h2-3,7H,1H3,(H3,8,9)(H2,10,11);1H/b4-2-,7-3?;. The molecule has 0 heterocycles. The van der Waals surface area contributed by atoms with Gasteiger partial charge in [-0.3, -0.25) is 5.41 Å². The maximum atomic E-state index is 6.89. The lowest BCUT2D eigenvalue weighted by Gasteiger charge is -1.96. The number of amidine groups is 2. The third-order valence-electron chi connectivity index (χ3n) is 0.826. The van der Waals surface area contributed by atoms with Gasteiger partial charge in [-0.05, 0) is 24.8 Å². The smallest absolute Gasteiger partial charge is 0.166 e. The van der Waals surface area contributed by atoms with E-state index in [1.165, 1.54) is 6.08 Å². The summed E-state index contributed by atoms with van der Waals surface area (Å²) < 4.78 is 0. The molecule has 0 rings (SSSR count). The molecule has 6 heteroatoms. The molecule has 0 saturated carbocycles. The lowest BCUT2D eigenvalue weighted by Crippen LogP contribution is -2.14. The number of nitrogens with two attached hydrogens (primary N) is 2. The molecule has 0 amide bonds. The lowest BCUT2D eigenvalue weighted by atomic mass is 10.5. The molecule has 0 fully saturated rings. The molecular formula is C6H13N5S. The molecule has 68 valence electrons. The van der Waals surface area contributed by atoms with Gasteiger partial charge in [0.2, 0.25) is 0 Å². The Labute approximate surface area is 76.4 Å². The van der Waals surface area contributed by atoms with Gasteiger partial charge in [-0.25, -0.2) is 4.99 Å². The van der Waals surface area contributed by atoms with Gasteiger partial charge in [0.05, 0.1) is 0 Å². The number of rotatable bonds is 2. The zero-order valence-electron chi connectivity index (χ0n) is 6.66. The van der Waals surface area contributed by atoms with Crippen LogP contribution in [0.3, 0.4) is 0 Å². The first kappa shape index (κ1) is 10.7. The molecule has 0 aromatic carbocycles. The molecule has 0 spiro atoms. The van der Waals surface area contributed by atoms with Crippen LogP contribution in [0.15, 0.2) is 16.8 Å². The fourth-order valence-corrected chi connectivity index (χ4v) is 0.882. The van der Waals surface area contributed by atoms with Gasteiger partial charge in [-0.15, -0.1) is 0 Å². The van der Waals surface area contributed by atoms with Gasteiger partial charge in [0.1, 0.15) is 0 Å². The summed E-state index contributed by atoms with van der Waals surface area (Å²) in [4.78, 5) is 3.85. The summed E-state index contributed by atoms with van der Waals surface area (Å²) in [6.07, 6.45) is 2.61. The van der Waals surface area contributed by atoms with Crippen LogP contribution in [0.4, 0.5) is 0 Å². The normalized spacial score (nSPS) is 12.8. The van der Waals surface area contributed by atoms with Crippen molar-refractivity contribution in [1.29, 1.82) is 10.8 Å². The number of nitrogens with zero attached hydrogens (tertiary/aromatic N) is 1. The molecule has 0 aromatic rings. The minimum atomic E-state index is -0.0982. The SMILES string of the molecule is C/C(=C/C=N)N=C(N)SC(=N)N.[HH]. The van der Waals surface area contributed by atoms with Crippen molar-refractivity contribution in [2.24, 2.45) is 16.5 Å². The molecular weight excluding hydrogens is 174 g/mol. The number of aliphatic imine (C=N–C) groups is 1. The van der Waals surface area contributed by atoms with Crippen molar-refractivity contribution in [2.45, 2.75) is 6.92 Å². The van der Waals surface area contributed by atoms with Crippen molar-refractivity contribution >= 4 is 28.3 Å². The Morgan fingerprint density at radius 3 is 2.58 bits per heavy atom. The topological polar surface area (TPSA) is 112 Å². The number of hydrogen-bond donors (Lipinski definition) is 4. The minimum Gasteiger partial charge on any atom is -0.378 e. The van der Waals surface area contributed by atoms with Gasteiger partial charge in [-0.2, -0.15) is 0 Å². The molecule has 0 atom stereocenters. The van der Waals surface area contributed by atoms with E-state index in [4.69, 9.17) is 22.3 Å². The molecule has 0 radical (unpaired) electrons. The largest absolute Gasteiger partial charge is 0.378 e. The Morgan fingerprint density at radius 1 is 1.58 bits per heavy atom. The van der Waals surface area contributed by atoms with E-state index < -0.39 is 0 Å². The lowest BCUT2D eigenvalue weighted by molar-refractivity contribution is 1.31. The van der Waals surface area contributed by atoms with Crippen molar-refractivity contribution in [2.75, 3.05) is 0 Å². The van der Waals surface area contributed by atoms with E-state index in [1.54, 1.807) is 6.92 Å². The molecule has 5 nitrogen and oxygen atoms in total. The Hall–Kier alpha value is -1.30. The van der Waals surface area contributed by atoms with Gasteiger partial charge < -0.3 is 16.9 Å². The van der Waals surface area contributed by atoms with Crippen LogP contribution < -0.4 is 11.5 Å². The van der Waals surface area contributed by atoms with Crippen LogP contribution in [0.25, 0.3) is 0 Å². The van der Waals surface area contributed by atoms with E-state index in [1.807, 2.05) is 0 Å². The van der Waals surface area contributed by atoms with E-state index in [2.05, 4.69) is 4.99 Å². The van der Waals surface area contributed by atoms with Crippen LogP contribution in [0.5, 0.6) is 0 Å². The second-order valence-electron chi connectivity index (χ2n) is 1.89. The van der Waals surface area contributed by atoms with Gasteiger partial charge >= 0.3 is 0 Å². The predicted octanol–water partition coefficient (Wildman–Crippen LogP) is 0.727. The second-order valence-corrected chi connectivity index (χ2v) is 2.95. The number of thioether (sulfide) groups is 1. The predicted molar refractivity (Wildman–Crippen MR) is 55.8 cm³/mol. The van der Waals surface area contributed by atoms with Crippen molar-refractivity contribution < 1.29 is 1.43 Å². The molecule has 0 unspecified atom stereocenters. The maximum absolute atomic E-state index is 6.89. The summed E-state index contributed by atoms with van der Waals surface area (Å²) in [5.41, 5.74) is 11.1. The summed E-state index contributed by atoms with van der Waals surface area (Å²) in [5.74, 6) is 0. The first-order valence-electron chi connectivity index (χ1n) is 3.09. The van der Waals surface area contributed by atoms with Gasteiger partial charge in [0.15, 0.2) is 10.3 Å². The zero-order chi connectivity index (χ0) is 9.56. The fraction of sp³-hybridized carbons (Fsp3) is 0.167. The van der Waals surface area contributed by atoms with E-state index in [-0.39, 0.29) is 11.8 Å². The Morgan fingerprint density at radius 2 is 2.17 bits per heavy atom. The third kappa shape index (κ3) is 5.48. The van der Waals surface area contributed by atoms with Gasteiger partial charge in [0.25, 0.3) is 0 Å². The average Bonchev–Trinajstić information content (AvgIpc) is 1.84. The molecule has 0 bridgehead atoms. The summed E-state index contributed by atoms with van der Waals surface area (Å²) in [6.45, 7) is 1.71. The first-order chi connectivity index (χ1) is 5.56. The van der Waals surface area contributed by atoms with Gasteiger partial charge in [0, 0.05) is 13.3 Å². The number of nitrogens with one attached hydrogen (secondary N) is 2. The summed E-state index contributed by atoms with van der Waals surface area (Å²) >= 11 is 0.882. The summed E-state index contributed by atoms with van der Waals surface area (Å²) in [5, 5.41) is 13.7. The molecule has 0 aliphatic heterocycles. The average molecular weight is 187 g/mol. The highest BCUT2D eigenvalue weighted by molar-refractivity contribution is 8.26. The van der Waals surface area contributed by atoms with Crippen LogP contribution in [0, 0.1) is 10.8 Å². The molecule has 0 saturated heterocycles. The highest BCUT2D eigenvalue weighted by Crippen LogP contribution is 2.01. The molecule has 6 N–H and O–H groups in total. The Bertz CT molecular complexity index is 247. The van der Waals surface area contributed by atoms with Crippen molar-refractivity contribution in [3.63, 3.8) is 0 Å². The van der Waals surface area contributed by atoms with Crippen LogP contribution in [-0.2, 0) is 0 Å². The highest BCUT2D eigenvalue weighted by atomic mass is 32.2. The molecule has 0 aliphatic carbocycles. The maximum Gasteiger partial charge on any atom is 0.166 e. The fourth-order valence-electron chi connectivity index (χ4n) is 0.467.